The van der Waals surface area contributed by atoms with Crippen LogP contribution in [0, 0.1) is 6.92 Å². The Morgan fingerprint density at radius 1 is 1.25 bits per heavy atom. The molecule has 16 heavy (non-hydrogen) atoms. The summed E-state index contributed by atoms with van der Waals surface area (Å²) in [4.78, 5) is 12.1. The molecule has 0 aliphatic rings. The van der Waals surface area contributed by atoms with Gasteiger partial charge in [-0.05, 0) is 39.8 Å². The molecule has 0 aliphatic carbocycles. The summed E-state index contributed by atoms with van der Waals surface area (Å²) in [6.07, 6.45) is 0. The Morgan fingerprint density at radius 3 is 2.69 bits per heavy atom. The molecule has 0 radical (unpaired) electrons. The molecule has 0 saturated heterocycles. The summed E-state index contributed by atoms with van der Waals surface area (Å²) >= 11 is 0. The number of nitrogens with zero attached hydrogens (tertiary/aromatic N) is 2. The van der Waals surface area contributed by atoms with Crippen LogP contribution in [0.4, 0.5) is 0 Å². The monoisotopic (exact) mass is 218 g/mol. The van der Waals surface area contributed by atoms with Crippen LogP contribution in [0.25, 0.3) is 11.2 Å². The van der Waals surface area contributed by atoms with Crippen LogP contribution in [0.15, 0.2) is 12.1 Å². The lowest BCUT2D eigenvalue weighted by molar-refractivity contribution is 0.419. The summed E-state index contributed by atoms with van der Waals surface area (Å²) in [6.45, 7) is 9.12. The number of fused-ring (bicyclic) bond motifs is 1. The Morgan fingerprint density at radius 2 is 2.00 bits per heavy atom. The zero-order valence-electron chi connectivity index (χ0n) is 10.3. The van der Waals surface area contributed by atoms with Gasteiger partial charge in [0, 0.05) is 11.2 Å². The van der Waals surface area contributed by atoms with E-state index in [4.69, 9.17) is 0 Å². The van der Waals surface area contributed by atoms with Gasteiger partial charge in [-0.3, -0.25) is 0 Å². The average molecular weight is 218 g/mol. The number of rotatable bonds is 2. The fourth-order valence-corrected chi connectivity index (χ4v) is 1.47. The third-order valence-electron chi connectivity index (χ3n) is 2.32. The summed E-state index contributed by atoms with van der Waals surface area (Å²) in [6, 6.07) is 4.01. The molecule has 0 saturated carbocycles. The van der Waals surface area contributed by atoms with Gasteiger partial charge in [0.05, 0.1) is 12.1 Å². The fraction of sp³-hybridized carbons (Fsp3) is 0.500. The Labute approximate surface area is 95.5 Å². The molecule has 0 bridgehead atoms. The minimum atomic E-state index is 0.0995. The maximum absolute atomic E-state index is 4.45. The first-order chi connectivity index (χ1) is 7.44. The highest BCUT2D eigenvalue weighted by Crippen LogP contribution is 2.10. The molecule has 2 N–H and O–H groups in total. The SMILES string of the molecule is Cc1ccc2[nH]c(CNC(C)(C)C)nc2n1. The maximum atomic E-state index is 4.45. The molecule has 4 nitrogen and oxygen atoms in total. The highest BCUT2D eigenvalue weighted by Gasteiger charge is 2.10. The Hall–Kier alpha value is -1.42. The molecule has 2 aromatic rings. The molecule has 2 aromatic heterocycles. The summed E-state index contributed by atoms with van der Waals surface area (Å²) in [5, 5.41) is 3.39. The highest BCUT2D eigenvalue weighted by atomic mass is 15.0. The second kappa shape index (κ2) is 3.87. The van der Waals surface area contributed by atoms with Crippen molar-refractivity contribution >= 4 is 11.2 Å². The van der Waals surface area contributed by atoms with Crippen molar-refractivity contribution in [3.8, 4) is 0 Å². The number of aryl methyl sites for hydroxylation is 1. The number of hydrogen-bond donors (Lipinski definition) is 2. The minimum absolute atomic E-state index is 0.0995. The molecule has 2 rings (SSSR count). The molecule has 0 unspecified atom stereocenters. The highest BCUT2D eigenvalue weighted by molar-refractivity contribution is 5.70. The molecule has 2 heterocycles. The second-order valence-corrected chi connectivity index (χ2v) is 5.11. The zero-order valence-corrected chi connectivity index (χ0v) is 10.3. The van der Waals surface area contributed by atoms with Crippen molar-refractivity contribution < 1.29 is 0 Å². The van der Waals surface area contributed by atoms with Gasteiger partial charge in [-0.15, -0.1) is 0 Å². The molecule has 86 valence electrons. The number of hydrogen-bond acceptors (Lipinski definition) is 3. The standard InChI is InChI=1S/C12H18N4/c1-8-5-6-9-11(14-8)16-10(15-9)7-13-12(2,3)4/h5-6,13H,7H2,1-4H3,(H,14,15,16). The van der Waals surface area contributed by atoms with Crippen molar-refractivity contribution in [3.63, 3.8) is 0 Å². The third kappa shape index (κ3) is 2.58. The van der Waals surface area contributed by atoms with Crippen molar-refractivity contribution in [1.29, 1.82) is 0 Å². The first kappa shape index (κ1) is 11.1. The zero-order chi connectivity index (χ0) is 11.8. The van der Waals surface area contributed by atoms with Gasteiger partial charge in [0.15, 0.2) is 5.65 Å². The molecule has 0 amide bonds. The van der Waals surface area contributed by atoms with Gasteiger partial charge >= 0.3 is 0 Å². The molecule has 0 fully saturated rings. The van der Waals surface area contributed by atoms with E-state index < -0.39 is 0 Å². The fourth-order valence-electron chi connectivity index (χ4n) is 1.47. The number of aromatic amines is 1. The van der Waals surface area contributed by atoms with E-state index in [9.17, 15) is 0 Å². The molecular formula is C12H18N4. The number of imidazole rings is 1. The lowest BCUT2D eigenvalue weighted by atomic mass is 10.1. The topological polar surface area (TPSA) is 53.6 Å². The van der Waals surface area contributed by atoms with Gasteiger partial charge in [0.1, 0.15) is 5.82 Å². The van der Waals surface area contributed by atoms with Crippen LogP contribution in [-0.2, 0) is 6.54 Å². The molecule has 0 spiro atoms. The van der Waals surface area contributed by atoms with Crippen LogP contribution in [0.5, 0.6) is 0 Å². The van der Waals surface area contributed by atoms with E-state index in [1.165, 1.54) is 0 Å². The van der Waals surface area contributed by atoms with E-state index in [0.717, 1.165) is 29.2 Å². The van der Waals surface area contributed by atoms with Crippen molar-refractivity contribution in [1.82, 2.24) is 20.3 Å². The quantitative estimate of drug-likeness (QED) is 0.812. The van der Waals surface area contributed by atoms with Gasteiger partial charge in [0.2, 0.25) is 0 Å². The van der Waals surface area contributed by atoms with Gasteiger partial charge in [-0.2, -0.15) is 0 Å². The lowest BCUT2D eigenvalue weighted by Crippen LogP contribution is -2.35. The van der Waals surface area contributed by atoms with Gasteiger partial charge in [0.25, 0.3) is 0 Å². The van der Waals surface area contributed by atoms with Crippen LogP contribution in [0.2, 0.25) is 0 Å². The van der Waals surface area contributed by atoms with Crippen LogP contribution in [0.3, 0.4) is 0 Å². The van der Waals surface area contributed by atoms with E-state index in [0.29, 0.717) is 0 Å². The number of nitrogens with one attached hydrogen (secondary N) is 2. The molecular weight excluding hydrogens is 200 g/mol. The third-order valence-corrected chi connectivity index (χ3v) is 2.32. The van der Waals surface area contributed by atoms with Crippen molar-refractivity contribution in [2.24, 2.45) is 0 Å². The van der Waals surface area contributed by atoms with Gasteiger partial charge in [-0.1, -0.05) is 0 Å². The lowest BCUT2D eigenvalue weighted by Gasteiger charge is -2.19. The first-order valence-corrected chi connectivity index (χ1v) is 5.51. The summed E-state index contributed by atoms with van der Waals surface area (Å²) < 4.78 is 0. The molecule has 0 aliphatic heterocycles. The van der Waals surface area contributed by atoms with E-state index in [2.05, 4.69) is 41.0 Å². The van der Waals surface area contributed by atoms with Gasteiger partial charge < -0.3 is 10.3 Å². The smallest absolute Gasteiger partial charge is 0.177 e. The van der Waals surface area contributed by atoms with Crippen LogP contribution in [0.1, 0.15) is 32.3 Å². The molecule has 0 atom stereocenters. The first-order valence-electron chi connectivity index (χ1n) is 5.51. The van der Waals surface area contributed by atoms with Crippen molar-refractivity contribution in [2.75, 3.05) is 0 Å². The van der Waals surface area contributed by atoms with Crippen molar-refractivity contribution in [2.45, 2.75) is 39.8 Å². The summed E-state index contributed by atoms with van der Waals surface area (Å²) in [5.41, 5.74) is 2.89. The Balaban J connectivity index is 2.20. The second-order valence-electron chi connectivity index (χ2n) is 5.11. The van der Waals surface area contributed by atoms with Crippen LogP contribution < -0.4 is 5.32 Å². The Kier molecular flexibility index (Phi) is 2.68. The summed E-state index contributed by atoms with van der Waals surface area (Å²) in [5.74, 6) is 0.933. The number of pyridine rings is 1. The average Bonchev–Trinajstić information content (AvgIpc) is 2.55. The predicted octanol–water partition coefficient (Wildman–Crippen LogP) is 2.15. The number of aromatic nitrogens is 3. The van der Waals surface area contributed by atoms with E-state index in [-0.39, 0.29) is 5.54 Å². The Bertz CT molecular complexity index is 493. The van der Waals surface area contributed by atoms with Crippen LogP contribution >= 0.6 is 0 Å². The van der Waals surface area contributed by atoms with E-state index >= 15 is 0 Å². The maximum Gasteiger partial charge on any atom is 0.177 e. The minimum Gasteiger partial charge on any atom is -0.340 e. The largest absolute Gasteiger partial charge is 0.340 e. The number of H-pyrrole nitrogens is 1. The van der Waals surface area contributed by atoms with Crippen LogP contribution in [-0.4, -0.2) is 20.5 Å². The van der Waals surface area contributed by atoms with Crippen molar-refractivity contribution in [3.05, 3.63) is 23.7 Å². The van der Waals surface area contributed by atoms with E-state index in [1.807, 2.05) is 19.1 Å². The van der Waals surface area contributed by atoms with E-state index in [1.54, 1.807) is 0 Å². The normalized spacial score (nSPS) is 12.2. The summed E-state index contributed by atoms with van der Waals surface area (Å²) in [7, 11) is 0. The van der Waals surface area contributed by atoms with Gasteiger partial charge in [-0.25, -0.2) is 9.97 Å². The molecule has 4 heteroatoms. The molecule has 0 aromatic carbocycles. The predicted molar refractivity (Wildman–Crippen MR) is 65.2 cm³/mol.